The lowest BCUT2D eigenvalue weighted by molar-refractivity contribution is 0.385. The Hall–Kier alpha value is -0.320. The highest BCUT2D eigenvalue weighted by atomic mass is 79.9. The highest BCUT2D eigenvalue weighted by Gasteiger charge is 2.17. The molecule has 0 bridgehead atoms. The SMILES string of the molecule is S=C(Nc1ccc(Br)c(Cl)c1)NC1CCC1. The van der Waals surface area contributed by atoms with Crippen molar-refractivity contribution in [1.29, 1.82) is 0 Å². The first-order valence-corrected chi connectivity index (χ1v) is 6.75. The van der Waals surface area contributed by atoms with E-state index in [9.17, 15) is 0 Å². The molecule has 0 amide bonds. The molecule has 0 heterocycles. The Labute approximate surface area is 114 Å². The number of hydrogen-bond donors (Lipinski definition) is 2. The summed E-state index contributed by atoms with van der Waals surface area (Å²) in [5, 5.41) is 7.74. The van der Waals surface area contributed by atoms with Crippen LogP contribution in [0.15, 0.2) is 22.7 Å². The van der Waals surface area contributed by atoms with Crippen molar-refractivity contribution >= 4 is 50.5 Å². The predicted octanol–water partition coefficient (Wildman–Crippen LogP) is 3.94. The molecule has 1 aliphatic carbocycles. The summed E-state index contributed by atoms with van der Waals surface area (Å²) in [6.45, 7) is 0. The number of hydrogen-bond acceptors (Lipinski definition) is 1. The van der Waals surface area contributed by atoms with Crippen LogP contribution < -0.4 is 10.6 Å². The van der Waals surface area contributed by atoms with Gasteiger partial charge in [0.1, 0.15) is 0 Å². The molecule has 0 atom stereocenters. The molecule has 2 nitrogen and oxygen atoms in total. The van der Waals surface area contributed by atoms with Gasteiger partial charge in [-0.05, 0) is 65.6 Å². The van der Waals surface area contributed by atoms with Crippen molar-refractivity contribution in [1.82, 2.24) is 5.32 Å². The molecule has 0 spiro atoms. The van der Waals surface area contributed by atoms with Crippen LogP contribution in [0, 0.1) is 0 Å². The van der Waals surface area contributed by atoms with Crippen molar-refractivity contribution in [2.24, 2.45) is 0 Å². The first-order chi connectivity index (χ1) is 7.65. The van der Waals surface area contributed by atoms with Crippen LogP contribution in [-0.2, 0) is 0 Å². The Kier molecular flexibility index (Phi) is 4.05. The monoisotopic (exact) mass is 318 g/mol. The van der Waals surface area contributed by atoms with Gasteiger partial charge in [0.2, 0.25) is 0 Å². The third-order valence-corrected chi connectivity index (χ3v) is 4.07. The summed E-state index contributed by atoms with van der Waals surface area (Å²) in [5.74, 6) is 0. The predicted molar refractivity (Wildman–Crippen MR) is 76.1 cm³/mol. The maximum absolute atomic E-state index is 5.99. The Morgan fingerprint density at radius 1 is 1.44 bits per heavy atom. The van der Waals surface area contributed by atoms with E-state index in [1.807, 2.05) is 18.2 Å². The van der Waals surface area contributed by atoms with E-state index in [1.165, 1.54) is 19.3 Å². The molecule has 16 heavy (non-hydrogen) atoms. The number of rotatable bonds is 2. The summed E-state index contributed by atoms with van der Waals surface area (Å²) in [6, 6.07) is 6.23. The summed E-state index contributed by atoms with van der Waals surface area (Å²) in [7, 11) is 0. The Morgan fingerprint density at radius 3 is 2.75 bits per heavy atom. The zero-order chi connectivity index (χ0) is 11.5. The van der Waals surface area contributed by atoms with Crippen LogP contribution in [0.2, 0.25) is 5.02 Å². The summed E-state index contributed by atoms with van der Waals surface area (Å²) in [5.41, 5.74) is 0.907. The Balaban J connectivity index is 1.92. The van der Waals surface area contributed by atoms with Gasteiger partial charge in [-0.1, -0.05) is 11.6 Å². The minimum absolute atomic E-state index is 0.547. The second-order valence-electron chi connectivity index (χ2n) is 3.86. The molecule has 2 rings (SSSR count). The van der Waals surface area contributed by atoms with E-state index in [0.29, 0.717) is 16.2 Å². The molecule has 1 aromatic rings. The van der Waals surface area contributed by atoms with Crippen molar-refractivity contribution < 1.29 is 0 Å². The van der Waals surface area contributed by atoms with Crippen LogP contribution in [-0.4, -0.2) is 11.2 Å². The van der Waals surface area contributed by atoms with Crippen molar-refractivity contribution in [2.75, 3.05) is 5.32 Å². The summed E-state index contributed by atoms with van der Waals surface area (Å²) in [6.07, 6.45) is 3.72. The molecule has 1 fully saturated rings. The van der Waals surface area contributed by atoms with Crippen molar-refractivity contribution in [3.05, 3.63) is 27.7 Å². The van der Waals surface area contributed by atoms with Gasteiger partial charge >= 0.3 is 0 Å². The number of anilines is 1. The molecule has 1 aliphatic rings. The minimum atomic E-state index is 0.547. The van der Waals surface area contributed by atoms with Gasteiger partial charge in [-0.15, -0.1) is 0 Å². The molecular formula is C11H12BrClN2S. The van der Waals surface area contributed by atoms with Gasteiger partial charge in [0.05, 0.1) is 5.02 Å². The maximum atomic E-state index is 5.99. The average Bonchev–Trinajstić information content (AvgIpc) is 2.18. The topological polar surface area (TPSA) is 24.1 Å². The lowest BCUT2D eigenvalue weighted by Crippen LogP contribution is -2.41. The lowest BCUT2D eigenvalue weighted by Gasteiger charge is -2.27. The molecule has 0 aliphatic heterocycles. The van der Waals surface area contributed by atoms with Gasteiger partial charge in [0.15, 0.2) is 5.11 Å². The van der Waals surface area contributed by atoms with Gasteiger partial charge in [-0.2, -0.15) is 0 Å². The van der Waals surface area contributed by atoms with Gasteiger partial charge in [-0.3, -0.25) is 0 Å². The Bertz CT molecular complexity index is 407. The first-order valence-electron chi connectivity index (χ1n) is 5.18. The molecule has 0 saturated heterocycles. The third kappa shape index (κ3) is 3.09. The zero-order valence-electron chi connectivity index (χ0n) is 8.59. The first kappa shape index (κ1) is 12.1. The van der Waals surface area contributed by atoms with Crippen LogP contribution in [0.1, 0.15) is 19.3 Å². The molecular weight excluding hydrogens is 308 g/mol. The molecule has 1 aromatic carbocycles. The molecule has 1 saturated carbocycles. The highest BCUT2D eigenvalue weighted by Crippen LogP contribution is 2.25. The maximum Gasteiger partial charge on any atom is 0.170 e. The van der Waals surface area contributed by atoms with E-state index in [4.69, 9.17) is 23.8 Å². The second-order valence-corrected chi connectivity index (χ2v) is 5.52. The van der Waals surface area contributed by atoms with E-state index in [-0.39, 0.29) is 0 Å². The molecule has 86 valence electrons. The van der Waals surface area contributed by atoms with Crippen LogP contribution in [0.25, 0.3) is 0 Å². The standard InChI is InChI=1S/C11H12BrClN2S/c12-9-5-4-8(6-10(9)13)15-11(16)14-7-2-1-3-7/h4-7H,1-3H2,(H2,14,15,16). The highest BCUT2D eigenvalue weighted by molar-refractivity contribution is 9.10. The summed E-state index contributed by atoms with van der Waals surface area (Å²) < 4.78 is 0.887. The molecule has 0 unspecified atom stereocenters. The van der Waals surface area contributed by atoms with Gasteiger partial charge in [-0.25, -0.2) is 0 Å². The number of halogens is 2. The molecule has 0 aromatic heterocycles. The Morgan fingerprint density at radius 2 is 2.19 bits per heavy atom. The fourth-order valence-electron chi connectivity index (χ4n) is 1.48. The van der Waals surface area contributed by atoms with Crippen molar-refractivity contribution in [3.8, 4) is 0 Å². The third-order valence-electron chi connectivity index (χ3n) is 2.62. The van der Waals surface area contributed by atoms with Crippen molar-refractivity contribution in [3.63, 3.8) is 0 Å². The second kappa shape index (κ2) is 5.34. The summed E-state index contributed by atoms with van der Waals surface area (Å²) in [4.78, 5) is 0. The van der Waals surface area contributed by atoms with E-state index in [2.05, 4.69) is 26.6 Å². The normalized spacial score (nSPS) is 15.4. The number of nitrogens with one attached hydrogen (secondary N) is 2. The molecule has 5 heteroatoms. The fourth-order valence-corrected chi connectivity index (χ4v) is 2.19. The van der Waals surface area contributed by atoms with E-state index in [0.717, 1.165) is 10.2 Å². The average molecular weight is 320 g/mol. The largest absolute Gasteiger partial charge is 0.360 e. The number of benzene rings is 1. The van der Waals surface area contributed by atoms with Crippen LogP contribution in [0.4, 0.5) is 5.69 Å². The van der Waals surface area contributed by atoms with Gasteiger partial charge in [0.25, 0.3) is 0 Å². The van der Waals surface area contributed by atoms with Crippen LogP contribution >= 0.6 is 39.7 Å². The number of thiocarbonyl (C=S) groups is 1. The van der Waals surface area contributed by atoms with E-state index >= 15 is 0 Å². The quantitative estimate of drug-likeness (QED) is 0.807. The smallest absolute Gasteiger partial charge is 0.170 e. The van der Waals surface area contributed by atoms with Gasteiger partial charge in [0, 0.05) is 16.2 Å². The van der Waals surface area contributed by atoms with Gasteiger partial charge < -0.3 is 10.6 Å². The van der Waals surface area contributed by atoms with E-state index in [1.54, 1.807) is 0 Å². The van der Waals surface area contributed by atoms with Crippen LogP contribution in [0.5, 0.6) is 0 Å². The molecule has 2 N–H and O–H groups in total. The lowest BCUT2D eigenvalue weighted by atomic mass is 9.93. The van der Waals surface area contributed by atoms with Crippen molar-refractivity contribution in [2.45, 2.75) is 25.3 Å². The zero-order valence-corrected chi connectivity index (χ0v) is 11.8. The van der Waals surface area contributed by atoms with E-state index < -0.39 is 0 Å². The molecule has 0 radical (unpaired) electrons. The van der Waals surface area contributed by atoms with Crippen LogP contribution in [0.3, 0.4) is 0 Å². The minimum Gasteiger partial charge on any atom is -0.360 e. The summed E-state index contributed by atoms with van der Waals surface area (Å²) >= 11 is 14.6. The fraction of sp³-hybridized carbons (Fsp3) is 0.364.